The van der Waals surface area contributed by atoms with Gasteiger partial charge in [0.25, 0.3) is 11.7 Å². The fraction of sp³-hybridized carbons (Fsp3) is 0.207. The zero-order chi connectivity index (χ0) is 26.9. The highest BCUT2D eigenvalue weighted by Crippen LogP contribution is 2.45. The number of ether oxygens (including phenoxy) is 3. The molecule has 0 bridgehead atoms. The number of aryl methyl sites for hydroxylation is 2. The van der Waals surface area contributed by atoms with Gasteiger partial charge in [-0.25, -0.2) is 0 Å². The van der Waals surface area contributed by atoms with Crippen LogP contribution in [0.2, 0.25) is 0 Å². The van der Waals surface area contributed by atoms with Crippen molar-refractivity contribution in [2.24, 2.45) is 0 Å². The fourth-order valence-corrected chi connectivity index (χ4v) is 4.63. The van der Waals surface area contributed by atoms with Crippen LogP contribution in [0.25, 0.3) is 5.76 Å². The van der Waals surface area contributed by atoms with E-state index in [4.69, 9.17) is 14.2 Å². The number of hydrogen-bond acceptors (Lipinski definition) is 7. The molecule has 1 unspecified atom stereocenters. The summed E-state index contributed by atoms with van der Waals surface area (Å²) in [4.78, 5) is 39.9. The molecule has 3 aromatic rings. The molecule has 1 aliphatic rings. The highest BCUT2D eigenvalue weighted by molar-refractivity contribution is 6.51. The van der Waals surface area contributed by atoms with E-state index in [0.717, 1.165) is 11.1 Å². The summed E-state index contributed by atoms with van der Waals surface area (Å²) in [5.41, 5.74) is 2.65. The van der Waals surface area contributed by atoms with Crippen molar-refractivity contribution in [1.82, 2.24) is 0 Å². The van der Waals surface area contributed by atoms with E-state index in [1.54, 1.807) is 54.6 Å². The van der Waals surface area contributed by atoms with Gasteiger partial charge in [0.05, 0.1) is 31.4 Å². The van der Waals surface area contributed by atoms with Crippen molar-refractivity contribution in [2.75, 3.05) is 19.1 Å². The highest BCUT2D eigenvalue weighted by Gasteiger charge is 2.47. The average Bonchev–Trinajstić information content (AvgIpc) is 3.13. The molecule has 0 aliphatic carbocycles. The number of carbonyl (C=O) groups excluding carboxylic acids is 3. The number of aliphatic hydroxyl groups is 1. The number of carbonyl (C=O) groups is 3. The number of rotatable bonds is 6. The van der Waals surface area contributed by atoms with Gasteiger partial charge in [-0.15, -0.1) is 0 Å². The molecule has 8 nitrogen and oxygen atoms in total. The van der Waals surface area contributed by atoms with Crippen LogP contribution in [0, 0.1) is 13.8 Å². The second kappa shape index (κ2) is 10.2. The summed E-state index contributed by atoms with van der Waals surface area (Å²) in [5, 5.41) is 11.6. The maximum Gasteiger partial charge on any atom is 0.308 e. The number of amides is 1. The molecule has 3 aromatic carbocycles. The van der Waals surface area contributed by atoms with Gasteiger partial charge in [-0.05, 0) is 60.9 Å². The zero-order valence-corrected chi connectivity index (χ0v) is 21.2. The minimum atomic E-state index is -1.02. The number of nitrogens with zero attached hydrogens (tertiary/aromatic N) is 1. The summed E-state index contributed by atoms with van der Waals surface area (Å²) in [6, 6.07) is 15.8. The molecule has 8 heteroatoms. The lowest BCUT2D eigenvalue weighted by Crippen LogP contribution is -2.29. The van der Waals surface area contributed by atoms with E-state index in [2.05, 4.69) is 0 Å². The predicted molar refractivity (Wildman–Crippen MR) is 138 cm³/mol. The summed E-state index contributed by atoms with van der Waals surface area (Å²) in [6.07, 6.45) is 0. The molecule has 1 fully saturated rings. The molecule has 4 rings (SSSR count). The molecule has 37 heavy (non-hydrogen) atoms. The Bertz CT molecular complexity index is 1440. The second-order valence-corrected chi connectivity index (χ2v) is 8.70. The minimum Gasteiger partial charge on any atom is -0.507 e. The number of benzene rings is 3. The van der Waals surface area contributed by atoms with E-state index in [1.807, 2.05) is 19.9 Å². The van der Waals surface area contributed by atoms with Gasteiger partial charge < -0.3 is 19.3 Å². The standard InChI is InChI=1S/C29H27NO7/c1-16-12-17(2)28(36-5)23(13-16)26(32)24-25(19-8-6-11-22(14-19)37-18(3)31)30(29(34)27(24)33)20-9-7-10-21(15-20)35-4/h6-15,25,32H,1-5H3/b26-24+. The Morgan fingerprint density at radius 1 is 0.919 bits per heavy atom. The van der Waals surface area contributed by atoms with Crippen LogP contribution >= 0.6 is 0 Å². The lowest BCUT2D eigenvalue weighted by Gasteiger charge is -2.26. The number of aliphatic hydroxyl groups excluding tert-OH is 1. The highest BCUT2D eigenvalue weighted by atomic mass is 16.5. The fourth-order valence-electron chi connectivity index (χ4n) is 4.63. The van der Waals surface area contributed by atoms with Crippen molar-refractivity contribution in [3.63, 3.8) is 0 Å². The first kappa shape index (κ1) is 25.5. The molecule has 0 saturated carbocycles. The Hall–Kier alpha value is -4.59. The van der Waals surface area contributed by atoms with Crippen LogP contribution in [0.5, 0.6) is 17.2 Å². The molecule has 1 heterocycles. The summed E-state index contributed by atoms with van der Waals surface area (Å²) in [7, 11) is 2.98. The van der Waals surface area contributed by atoms with E-state index in [0.29, 0.717) is 28.3 Å². The Morgan fingerprint density at radius 3 is 2.30 bits per heavy atom. The Balaban J connectivity index is 2.01. The number of hydrogen-bond donors (Lipinski definition) is 1. The number of ketones is 1. The molecule has 1 saturated heterocycles. The number of anilines is 1. The first-order chi connectivity index (χ1) is 17.7. The average molecular weight is 502 g/mol. The zero-order valence-electron chi connectivity index (χ0n) is 21.2. The first-order valence-corrected chi connectivity index (χ1v) is 11.5. The van der Waals surface area contributed by atoms with Crippen molar-refractivity contribution < 1.29 is 33.7 Å². The molecule has 0 spiro atoms. The Kier molecular flexibility index (Phi) is 7.02. The molecule has 1 N–H and O–H groups in total. The number of esters is 1. The topological polar surface area (TPSA) is 102 Å². The van der Waals surface area contributed by atoms with Crippen LogP contribution in [-0.2, 0) is 14.4 Å². The lowest BCUT2D eigenvalue weighted by molar-refractivity contribution is -0.132. The third-order valence-corrected chi connectivity index (χ3v) is 6.09. The van der Waals surface area contributed by atoms with E-state index < -0.39 is 23.7 Å². The third kappa shape index (κ3) is 4.78. The van der Waals surface area contributed by atoms with Gasteiger partial charge in [0, 0.05) is 18.7 Å². The largest absolute Gasteiger partial charge is 0.507 e. The van der Waals surface area contributed by atoms with E-state index in [9.17, 15) is 19.5 Å². The lowest BCUT2D eigenvalue weighted by atomic mass is 9.93. The van der Waals surface area contributed by atoms with Crippen molar-refractivity contribution in [1.29, 1.82) is 0 Å². The summed E-state index contributed by atoms with van der Waals surface area (Å²) < 4.78 is 16.1. The summed E-state index contributed by atoms with van der Waals surface area (Å²) in [6.45, 7) is 4.97. The third-order valence-electron chi connectivity index (χ3n) is 6.09. The normalized spacial score (nSPS) is 16.6. The van der Waals surface area contributed by atoms with E-state index in [-0.39, 0.29) is 17.1 Å². The van der Waals surface area contributed by atoms with Gasteiger partial charge in [-0.3, -0.25) is 19.3 Å². The van der Waals surface area contributed by atoms with Gasteiger partial charge >= 0.3 is 5.97 Å². The molecular formula is C29H27NO7. The van der Waals surface area contributed by atoms with Gasteiger partial charge in [0.15, 0.2) is 0 Å². The molecule has 190 valence electrons. The Morgan fingerprint density at radius 2 is 1.62 bits per heavy atom. The minimum absolute atomic E-state index is 0.115. The monoisotopic (exact) mass is 501 g/mol. The van der Waals surface area contributed by atoms with Crippen LogP contribution in [0.1, 0.15) is 35.2 Å². The molecule has 0 radical (unpaired) electrons. The number of Topliss-reactive ketones (excluding diaryl/α,β-unsaturated/α-hetero) is 1. The smallest absolute Gasteiger partial charge is 0.308 e. The van der Waals surface area contributed by atoms with Crippen molar-refractivity contribution in [2.45, 2.75) is 26.8 Å². The molecule has 1 atom stereocenters. The maximum atomic E-state index is 13.5. The van der Waals surface area contributed by atoms with Gasteiger partial charge in [0.1, 0.15) is 23.0 Å². The van der Waals surface area contributed by atoms with E-state index in [1.165, 1.54) is 26.0 Å². The molecular weight excluding hydrogens is 474 g/mol. The van der Waals surface area contributed by atoms with Crippen molar-refractivity contribution >= 4 is 29.1 Å². The number of methoxy groups -OCH3 is 2. The Labute approximate surface area is 214 Å². The second-order valence-electron chi connectivity index (χ2n) is 8.70. The SMILES string of the molecule is COc1cccc(N2C(=O)C(=O)/C(=C(/O)c3cc(C)cc(C)c3OC)C2c2cccc(OC(C)=O)c2)c1. The van der Waals surface area contributed by atoms with Crippen LogP contribution in [0.4, 0.5) is 5.69 Å². The van der Waals surface area contributed by atoms with Crippen LogP contribution in [0.15, 0.2) is 66.2 Å². The van der Waals surface area contributed by atoms with Crippen LogP contribution in [0.3, 0.4) is 0 Å². The first-order valence-electron chi connectivity index (χ1n) is 11.5. The molecule has 0 aromatic heterocycles. The quantitative estimate of drug-likeness (QED) is 0.169. The molecule has 1 amide bonds. The van der Waals surface area contributed by atoms with E-state index >= 15 is 0 Å². The maximum absolute atomic E-state index is 13.5. The molecule has 1 aliphatic heterocycles. The van der Waals surface area contributed by atoms with Crippen LogP contribution in [-0.4, -0.2) is 37.0 Å². The van der Waals surface area contributed by atoms with Crippen molar-refractivity contribution in [3.8, 4) is 17.2 Å². The van der Waals surface area contributed by atoms with Crippen LogP contribution < -0.4 is 19.1 Å². The van der Waals surface area contributed by atoms with Gasteiger partial charge in [0.2, 0.25) is 0 Å². The predicted octanol–water partition coefficient (Wildman–Crippen LogP) is 4.87. The van der Waals surface area contributed by atoms with Gasteiger partial charge in [-0.1, -0.05) is 24.3 Å². The summed E-state index contributed by atoms with van der Waals surface area (Å²) >= 11 is 0. The summed E-state index contributed by atoms with van der Waals surface area (Å²) in [5.74, 6) is -1.43. The van der Waals surface area contributed by atoms with Crippen molar-refractivity contribution in [3.05, 3.63) is 88.5 Å². The van der Waals surface area contributed by atoms with Gasteiger partial charge in [-0.2, -0.15) is 0 Å².